The lowest BCUT2D eigenvalue weighted by Gasteiger charge is -2.25. The van der Waals surface area contributed by atoms with Gasteiger partial charge in [-0.3, -0.25) is 0 Å². The Morgan fingerprint density at radius 2 is 2.22 bits per heavy atom. The molecule has 0 amide bonds. The fourth-order valence-corrected chi connectivity index (χ4v) is 1.90. The molecule has 1 aromatic heterocycles. The molecule has 18 heavy (non-hydrogen) atoms. The van der Waals surface area contributed by atoms with E-state index in [9.17, 15) is 0 Å². The highest BCUT2D eigenvalue weighted by Gasteiger charge is 2.32. The van der Waals surface area contributed by atoms with Crippen LogP contribution < -0.4 is 20.9 Å². The van der Waals surface area contributed by atoms with Crippen LogP contribution in [0.2, 0.25) is 0 Å². The molecule has 0 atom stereocenters. The molecule has 0 aromatic carbocycles. The molecule has 0 spiro atoms. The molecule has 1 aliphatic rings. The number of nitrogens with two attached hydrogens (primary N) is 1. The molecule has 1 aliphatic carbocycles. The van der Waals surface area contributed by atoms with Crippen molar-refractivity contribution in [2.75, 3.05) is 37.7 Å². The number of rotatable bonds is 7. The summed E-state index contributed by atoms with van der Waals surface area (Å²) in [5.74, 6) is 7.25. The van der Waals surface area contributed by atoms with Gasteiger partial charge in [-0.25, -0.2) is 15.8 Å². The Balaban J connectivity index is 2.28. The lowest BCUT2D eigenvalue weighted by atomic mass is 10.4. The quantitative estimate of drug-likeness (QED) is 0.537. The summed E-state index contributed by atoms with van der Waals surface area (Å²) in [7, 11) is 3.28. The van der Waals surface area contributed by atoms with Gasteiger partial charge in [0.25, 0.3) is 0 Å². The van der Waals surface area contributed by atoms with Crippen LogP contribution in [0.3, 0.4) is 0 Å². The number of methoxy groups -OCH3 is 2. The molecule has 0 aliphatic heterocycles. The lowest BCUT2D eigenvalue weighted by molar-refractivity contribution is 0.204. The van der Waals surface area contributed by atoms with Crippen LogP contribution in [0.15, 0.2) is 6.33 Å². The van der Waals surface area contributed by atoms with E-state index in [2.05, 4.69) is 20.3 Å². The molecule has 100 valence electrons. The zero-order valence-electron chi connectivity index (χ0n) is 10.7. The number of nitrogens with one attached hydrogen (secondary N) is 1. The van der Waals surface area contributed by atoms with E-state index in [1.165, 1.54) is 19.2 Å². The van der Waals surface area contributed by atoms with Gasteiger partial charge in [0, 0.05) is 19.7 Å². The number of nitrogens with zero attached hydrogens (tertiary/aromatic N) is 3. The number of anilines is 2. The molecule has 1 heterocycles. The van der Waals surface area contributed by atoms with Gasteiger partial charge in [0.05, 0.1) is 13.7 Å². The number of nitrogen functional groups attached to an aromatic ring is 1. The summed E-state index contributed by atoms with van der Waals surface area (Å²) >= 11 is 0. The van der Waals surface area contributed by atoms with Gasteiger partial charge in [0.1, 0.15) is 6.33 Å². The Labute approximate surface area is 106 Å². The maximum absolute atomic E-state index is 5.42. The van der Waals surface area contributed by atoms with E-state index in [1.54, 1.807) is 14.2 Å². The second-order valence-corrected chi connectivity index (χ2v) is 4.14. The Bertz CT molecular complexity index is 397. The molecule has 0 radical (unpaired) electrons. The minimum Gasteiger partial charge on any atom is -0.490 e. The molecular weight excluding hydrogens is 234 g/mol. The summed E-state index contributed by atoms with van der Waals surface area (Å²) in [4.78, 5) is 10.5. The van der Waals surface area contributed by atoms with Crippen LogP contribution in [0.5, 0.6) is 5.75 Å². The van der Waals surface area contributed by atoms with Crippen molar-refractivity contribution >= 4 is 11.6 Å². The van der Waals surface area contributed by atoms with E-state index >= 15 is 0 Å². The minimum atomic E-state index is 0.491. The van der Waals surface area contributed by atoms with E-state index in [4.69, 9.17) is 15.3 Å². The van der Waals surface area contributed by atoms with Crippen LogP contribution in [0, 0.1) is 0 Å². The fourth-order valence-electron chi connectivity index (χ4n) is 1.90. The number of hydrazine groups is 1. The molecule has 0 unspecified atom stereocenters. The molecule has 1 fully saturated rings. The van der Waals surface area contributed by atoms with Crippen molar-refractivity contribution in [3.63, 3.8) is 0 Å². The van der Waals surface area contributed by atoms with Crippen molar-refractivity contribution in [2.24, 2.45) is 5.84 Å². The number of hydrogen-bond acceptors (Lipinski definition) is 7. The topological polar surface area (TPSA) is 85.5 Å². The van der Waals surface area contributed by atoms with E-state index in [-0.39, 0.29) is 0 Å². The third-order valence-electron chi connectivity index (χ3n) is 2.92. The van der Waals surface area contributed by atoms with Crippen molar-refractivity contribution in [1.29, 1.82) is 0 Å². The Morgan fingerprint density at radius 3 is 2.78 bits per heavy atom. The first kappa shape index (κ1) is 12.8. The molecule has 3 N–H and O–H groups in total. The van der Waals surface area contributed by atoms with Crippen molar-refractivity contribution in [2.45, 2.75) is 18.9 Å². The Kier molecular flexibility index (Phi) is 4.16. The van der Waals surface area contributed by atoms with Crippen LogP contribution in [0.1, 0.15) is 12.8 Å². The Morgan fingerprint density at radius 1 is 1.44 bits per heavy atom. The summed E-state index contributed by atoms with van der Waals surface area (Å²) < 4.78 is 10.5. The van der Waals surface area contributed by atoms with Gasteiger partial charge in [-0.2, -0.15) is 0 Å². The average molecular weight is 253 g/mol. The minimum absolute atomic E-state index is 0.491. The second kappa shape index (κ2) is 5.83. The predicted molar refractivity (Wildman–Crippen MR) is 68.6 cm³/mol. The molecule has 1 aromatic rings. The third kappa shape index (κ3) is 2.62. The van der Waals surface area contributed by atoms with Gasteiger partial charge in [-0.1, -0.05) is 0 Å². The van der Waals surface area contributed by atoms with E-state index in [0.717, 1.165) is 12.4 Å². The smallest absolute Gasteiger partial charge is 0.205 e. The first-order valence-electron chi connectivity index (χ1n) is 5.93. The van der Waals surface area contributed by atoms with E-state index in [0.29, 0.717) is 24.2 Å². The molecule has 7 nitrogen and oxygen atoms in total. The highest BCUT2D eigenvalue weighted by atomic mass is 16.5. The summed E-state index contributed by atoms with van der Waals surface area (Å²) in [5, 5.41) is 0. The fraction of sp³-hybridized carbons (Fsp3) is 0.636. The summed E-state index contributed by atoms with van der Waals surface area (Å²) in [5.41, 5.74) is 2.52. The van der Waals surface area contributed by atoms with Gasteiger partial charge in [-0.05, 0) is 12.8 Å². The van der Waals surface area contributed by atoms with Crippen LogP contribution >= 0.6 is 0 Å². The van der Waals surface area contributed by atoms with Crippen molar-refractivity contribution in [3.05, 3.63) is 6.33 Å². The van der Waals surface area contributed by atoms with Crippen LogP contribution in [-0.2, 0) is 4.74 Å². The SMILES string of the molecule is COCCN(c1ncnc(NN)c1OC)C1CC1. The summed E-state index contributed by atoms with van der Waals surface area (Å²) in [6, 6.07) is 0.509. The van der Waals surface area contributed by atoms with Gasteiger partial charge in [0.15, 0.2) is 11.6 Å². The molecule has 7 heteroatoms. The zero-order valence-corrected chi connectivity index (χ0v) is 10.7. The first-order valence-corrected chi connectivity index (χ1v) is 5.93. The van der Waals surface area contributed by atoms with Crippen LogP contribution in [0.25, 0.3) is 0 Å². The average Bonchev–Trinajstić information content (AvgIpc) is 3.23. The van der Waals surface area contributed by atoms with Crippen molar-refractivity contribution in [1.82, 2.24) is 9.97 Å². The molecule has 1 saturated carbocycles. The van der Waals surface area contributed by atoms with Crippen molar-refractivity contribution in [3.8, 4) is 5.75 Å². The Hall–Kier alpha value is -1.60. The maximum atomic E-state index is 5.42. The van der Waals surface area contributed by atoms with Gasteiger partial charge in [-0.15, -0.1) is 0 Å². The lowest BCUT2D eigenvalue weighted by Crippen LogP contribution is -2.31. The molecule has 2 rings (SSSR count). The largest absolute Gasteiger partial charge is 0.490 e. The number of ether oxygens (including phenoxy) is 2. The first-order chi connectivity index (χ1) is 8.81. The number of aromatic nitrogens is 2. The monoisotopic (exact) mass is 253 g/mol. The summed E-state index contributed by atoms with van der Waals surface area (Å²) in [6.45, 7) is 1.42. The van der Waals surface area contributed by atoms with Crippen LogP contribution in [-0.4, -0.2) is 43.4 Å². The van der Waals surface area contributed by atoms with Gasteiger partial charge < -0.3 is 19.8 Å². The second-order valence-electron chi connectivity index (χ2n) is 4.14. The third-order valence-corrected chi connectivity index (χ3v) is 2.92. The van der Waals surface area contributed by atoms with E-state index in [1.807, 2.05) is 0 Å². The molecule has 0 saturated heterocycles. The number of hydrogen-bond donors (Lipinski definition) is 2. The maximum Gasteiger partial charge on any atom is 0.205 e. The highest BCUT2D eigenvalue weighted by molar-refractivity contribution is 5.65. The van der Waals surface area contributed by atoms with Crippen LogP contribution in [0.4, 0.5) is 11.6 Å². The standard InChI is InChI=1S/C11H19N5O2/c1-17-6-5-16(8-3-4-8)11-9(18-2)10(15-12)13-7-14-11/h7-8H,3-6,12H2,1-2H3,(H,13,14,15). The zero-order chi connectivity index (χ0) is 13.0. The normalized spacial score (nSPS) is 14.4. The molecule has 0 bridgehead atoms. The van der Waals surface area contributed by atoms with Crippen molar-refractivity contribution < 1.29 is 9.47 Å². The van der Waals surface area contributed by atoms with E-state index < -0.39 is 0 Å². The summed E-state index contributed by atoms with van der Waals surface area (Å²) in [6.07, 6.45) is 3.82. The van der Waals surface area contributed by atoms with Gasteiger partial charge >= 0.3 is 0 Å². The van der Waals surface area contributed by atoms with Gasteiger partial charge in [0.2, 0.25) is 5.75 Å². The molecular formula is C11H19N5O2. The predicted octanol–water partition coefficient (Wildman–Crippen LogP) is 0.386. The highest BCUT2D eigenvalue weighted by Crippen LogP contribution is 2.37.